The Bertz CT molecular complexity index is 1660. The molecule has 1 N–H and O–H groups in total. The Hall–Kier alpha value is -4.25. The van der Waals surface area contributed by atoms with E-state index >= 15 is 0 Å². The molecule has 5 rings (SSSR count). The van der Waals surface area contributed by atoms with Crippen LogP contribution in [0.5, 0.6) is 11.5 Å². The van der Waals surface area contributed by atoms with Crippen molar-refractivity contribution in [3.8, 4) is 11.5 Å². The van der Waals surface area contributed by atoms with Crippen LogP contribution in [0.2, 0.25) is 0 Å². The van der Waals surface area contributed by atoms with E-state index < -0.39 is 51.9 Å². The predicted octanol–water partition coefficient (Wildman–Crippen LogP) is 5.36. The molecule has 2 aliphatic heterocycles. The largest absolute Gasteiger partial charge is 0.618 e. The molecule has 2 aliphatic rings. The van der Waals surface area contributed by atoms with Crippen LogP contribution in [0.15, 0.2) is 54.0 Å². The number of aliphatic hydroxyl groups excluding tert-OH is 1. The van der Waals surface area contributed by atoms with Crippen LogP contribution < -0.4 is 19.1 Å². The number of carbonyl (C=O) groups excluding carboxylic acids is 2. The van der Waals surface area contributed by atoms with Gasteiger partial charge in [-0.2, -0.15) is 31.1 Å². The minimum atomic E-state index is -5.05. The van der Waals surface area contributed by atoms with Crippen LogP contribution in [-0.4, -0.2) is 84.3 Å². The van der Waals surface area contributed by atoms with Crippen molar-refractivity contribution in [2.45, 2.75) is 56.6 Å². The molecule has 50 heavy (non-hydrogen) atoms. The molecule has 0 radical (unpaired) electrons. The monoisotopic (exact) mass is 730 g/mol. The molecule has 2 fully saturated rings. The third kappa shape index (κ3) is 7.57. The van der Waals surface area contributed by atoms with Crippen LogP contribution in [0.1, 0.15) is 53.5 Å². The number of piperidine rings is 1. The summed E-state index contributed by atoms with van der Waals surface area (Å²) in [6.45, 7) is 2.39. The van der Waals surface area contributed by atoms with Crippen LogP contribution in [-0.2, 0) is 17.1 Å². The number of likely N-dealkylation sites (tertiary alicyclic amines) is 1. The number of amides is 2. The van der Waals surface area contributed by atoms with Gasteiger partial charge in [-0.1, -0.05) is 25.5 Å². The van der Waals surface area contributed by atoms with Gasteiger partial charge >= 0.3 is 18.3 Å². The number of nitrogens with zero attached hydrogens (tertiary/aromatic N) is 4. The van der Waals surface area contributed by atoms with E-state index in [1.54, 1.807) is 19.1 Å². The predicted molar refractivity (Wildman–Crippen MR) is 170 cm³/mol. The molecule has 2 aromatic heterocycles. The molecule has 0 spiro atoms. The molecule has 1 aromatic carbocycles. The smallest absolute Gasteiger partial charge is 0.425 e. The van der Waals surface area contributed by atoms with Crippen molar-refractivity contribution in [1.29, 1.82) is 0 Å². The van der Waals surface area contributed by atoms with Gasteiger partial charge < -0.3 is 34.5 Å². The van der Waals surface area contributed by atoms with Crippen molar-refractivity contribution in [2.24, 2.45) is 0 Å². The summed E-state index contributed by atoms with van der Waals surface area (Å²) in [6.07, 6.45) is -8.62. The topological polar surface area (TPSA) is 109 Å². The number of aliphatic hydroxyl groups is 1. The van der Waals surface area contributed by atoms with E-state index in [2.05, 4.69) is 0 Å². The van der Waals surface area contributed by atoms with Gasteiger partial charge in [-0.25, -0.2) is 0 Å². The number of hydrogen-bond donors (Lipinski definition) is 1. The second-order valence-electron chi connectivity index (χ2n) is 12.0. The van der Waals surface area contributed by atoms with Crippen molar-refractivity contribution < 1.29 is 55.2 Å². The van der Waals surface area contributed by atoms with Gasteiger partial charge in [0, 0.05) is 56.7 Å². The van der Waals surface area contributed by atoms with E-state index in [4.69, 9.17) is 9.47 Å². The summed E-state index contributed by atoms with van der Waals surface area (Å²) >= 11 is 0.362. The zero-order valence-corrected chi connectivity index (χ0v) is 27.8. The Morgan fingerprint density at radius 2 is 1.76 bits per heavy atom. The number of carbonyl (C=O) groups is 2. The minimum absolute atomic E-state index is 0.0380. The first-order valence-corrected chi connectivity index (χ1v) is 16.9. The van der Waals surface area contributed by atoms with Gasteiger partial charge in [-0.3, -0.25) is 9.59 Å². The highest BCUT2D eigenvalue weighted by Crippen LogP contribution is 2.43. The summed E-state index contributed by atoms with van der Waals surface area (Å²) in [4.78, 5) is 32.3. The first-order chi connectivity index (χ1) is 23.7. The lowest BCUT2D eigenvalue weighted by Crippen LogP contribution is -2.69. The molecule has 0 saturated carbocycles. The number of benzene rings is 1. The number of rotatable bonds is 10. The second-order valence-corrected chi connectivity index (χ2v) is 12.9. The average Bonchev–Trinajstić information content (AvgIpc) is 3.56. The molecule has 3 aromatic rings. The molecule has 2 amide bonds. The zero-order valence-electron chi connectivity index (χ0n) is 27.0. The molecular weight excluding hydrogens is 694 g/mol. The molecule has 2 atom stereocenters. The Morgan fingerprint density at radius 1 is 1.04 bits per heavy atom. The van der Waals surface area contributed by atoms with Gasteiger partial charge in [0.2, 0.25) is 5.60 Å². The molecule has 10 nitrogen and oxygen atoms in total. The van der Waals surface area contributed by atoms with Gasteiger partial charge in [0.25, 0.3) is 11.6 Å². The van der Waals surface area contributed by atoms with Gasteiger partial charge in [0.15, 0.2) is 6.20 Å². The van der Waals surface area contributed by atoms with Gasteiger partial charge in [0.1, 0.15) is 28.5 Å². The Labute approximate surface area is 288 Å². The van der Waals surface area contributed by atoms with Gasteiger partial charge in [-0.15, -0.1) is 11.3 Å². The highest BCUT2D eigenvalue weighted by molar-refractivity contribution is 7.10. The maximum absolute atomic E-state index is 14.7. The summed E-state index contributed by atoms with van der Waals surface area (Å²) in [6, 6.07) is 8.16. The average molecular weight is 731 g/mol. The fourth-order valence-corrected chi connectivity index (χ4v) is 7.29. The van der Waals surface area contributed by atoms with Crippen molar-refractivity contribution in [3.63, 3.8) is 0 Å². The van der Waals surface area contributed by atoms with E-state index in [1.165, 1.54) is 4.90 Å². The normalized spacial score (nSPS) is 20.2. The summed E-state index contributed by atoms with van der Waals surface area (Å²) in [7, 11) is 0. The molecule has 0 unspecified atom stereocenters. The van der Waals surface area contributed by atoms with Crippen molar-refractivity contribution in [2.75, 3.05) is 50.8 Å². The number of pyridine rings is 1. The lowest BCUT2D eigenvalue weighted by Gasteiger charge is -2.50. The Balaban J connectivity index is 1.52. The standard InChI is InChI=1S/C33H36F6N4O6S/c1-2-7-26-31(49-22-20-27(50-21-22)33(37,38)39,11-6-12-42(26)29(45)28-23(32(34,35)36)8-5-13-43(28)47)30(46)41-16-14-40(15-17-41)24-9-3-4-10-25(24)48-19-18-44/h3-5,8-10,13,20-21,26,44H,2,6-7,11-12,14-19H2,1H3/t26-,31+/m1/s1. The first-order valence-electron chi connectivity index (χ1n) is 16.0. The molecule has 2 saturated heterocycles. The Kier molecular flexibility index (Phi) is 11.1. The van der Waals surface area contributed by atoms with Gasteiger partial charge in [-0.05, 0) is 31.0 Å². The molecular formula is C33H36F6N4O6S. The highest BCUT2D eigenvalue weighted by Gasteiger charge is 2.57. The number of halogens is 6. The number of hydrogen-bond acceptors (Lipinski definition) is 8. The first kappa shape index (κ1) is 37.0. The van der Waals surface area contributed by atoms with Crippen molar-refractivity contribution in [3.05, 3.63) is 75.4 Å². The van der Waals surface area contributed by atoms with Crippen LogP contribution >= 0.6 is 11.3 Å². The van der Waals surface area contributed by atoms with Crippen LogP contribution in [0, 0.1) is 5.21 Å². The van der Waals surface area contributed by atoms with Crippen molar-refractivity contribution in [1.82, 2.24) is 9.80 Å². The third-order valence-corrected chi connectivity index (χ3v) is 9.74. The fourth-order valence-electron chi connectivity index (χ4n) is 6.61. The third-order valence-electron chi connectivity index (χ3n) is 8.79. The molecule has 272 valence electrons. The molecule has 0 aliphatic carbocycles. The Morgan fingerprint density at radius 3 is 2.40 bits per heavy atom. The van der Waals surface area contributed by atoms with E-state index in [0.717, 1.165) is 34.3 Å². The maximum atomic E-state index is 14.7. The summed E-state index contributed by atoms with van der Waals surface area (Å²) < 4.78 is 94.7. The quantitative estimate of drug-likeness (QED) is 0.170. The van der Waals surface area contributed by atoms with Gasteiger partial charge in [0.05, 0.1) is 18.3 Å². The summed E-state index contributed by atoms with van der Waals surface area (Å²) in [5, 5.41) is 23.1. The lowest BCUT2D eigenvalue weighted by molar-refractivity contribution is -0.609. The second kappa shape index (κ2) is 14.9. The van der Waals surface area contributed by atoms with Crippen LogP contribution in [0.4, 0.5) is 32.0 Å². The molecule has 4 heterocycles. The zero-order chi connectivity index (χ0) is 36.3. The number of piperazine rings is 1. The molecule has 0 bridgehead atoms. The maximum Gasteiger partial charge on any atom is 0.425 e. The number of aromatic nitrogens is 1. The molecule has 17 heteroatoms. The van der Waals surface area contributed by atoms with Crippen LogP contribution in [0.25, 0.3) is 0 Å². The number of thiophene rings is 1. The van der Waals surface area contributed by atoms with E-state index in [-0.39, 0.29) is 62.6 Å². The number of ether oxygens (including phenoxy) is 2. The van der Waals surface area contributed by atoms with Crippen LogP contribution in [0.3, 0.4) is 0 Å². The summed E-state index contributed by atoms with van der Waals surface area (Å²) in [5.41, 5.74) is -3.89. The number of alkyl halides is 6. The lowest BCUT2D eigenvalue weighted by atomic mass is 9.79. The summed E-state index contributed by atoms with van der Waals surface area (Å²) in [5.74, 6) is -1.64. The number of anilines is 1. The fraction of sp³-hybridized carbons (Fsp3) is 0.485. The van der Waals surface area contributed by atoms with E-state index in [1.807, 2.05) is 17.0 Å². The van der Waals surface area contributed by atoms with Crippen molar-refractivity contribution >= 4 is 28.8 Å². The van der Waals surface area contributed by atoms with E-state index in [0.29, 0.717) is 42.7 Å². The number of para-hydroxylation sites is 2. The van der Waals surface area contributed by atoms with E-state index in [9.17, 15) is 46.2 Å². The SMILES string of the molecule is CCC[C@H]1N(C(=O)c2c(C(F)(F)F)ccc[n+]2[O-])CCC[C@@]1(Oc1csc(C(F)(F)F)c1)C(=O)N1CCN(c2ccccc2OCCO)CC1. The minimum Gasteiger partial charge on any atom is -0.618 e. The highest BCUT2D eigenvalue weighted by atomic mass is 32.1.